The third-order valence-electron chi connectivity index (χ3n) is 4.51. The van der Waals surface area contributed by atoms with Gasteiger partial charge in [-0.15, -0.1) is 35.3 Å². The van der Waals surface area contributed by atoms with Crippen molar-refractivity contribution in [2.24, 2.45) is 4.99 Å². The van der Waals surface area contributed by atoms with Gasteiger partial charge in [-0.25, -0.2) is 4.98 Å². The van der Waals surface area contributed by atoms with E-state index in [1.807, 2.05) is 54.7 Å². The highest BCUT2D eigenvalue weighted by Crippen LogP contribution is 2.28. The summed E-state index contributed by atoms with van der Waals surface area (Å²) >= 11 is 1.72. The summed E-state index contributed by atoms with van der Waals surface area (Å²) in [5.41, 5.74) is 2.19. The van der Waals surface area contributed by atoms with Gasteiger partial charge in [0.15, 0.2) is 17.5 Å². The summed E-state index contributed by atoms with van der Waals surface area (Å²) in [6, 6.07) is 16.0. The van der Waals surface area contributed by atoms with Crippen molar-refractivity contribution in [3.63, 3.8) is 0 Å². The average molecular weight is 552 g/mol. The fraction of sp³-hybridized carbons (Fsp3) is 0.304. The summed E-state index contributed by atoms with van der Waals surface area (Å²) in [7, 11) is 3.41. The number of rotatable bonds is 9. The minimum absolute atomic E-state index is 0. The number of guanidine groups is 1. The van der Waals surface area contributed by atoms with Gasteiger partial charge in [0.2, 0.25) is 0 Å². The minimum Gasteiger partial charge on any atom is -0.493 e. The van der Waals surface area contributed by atoms with E-state index in [0.717, 1.165) is 34.3 Å². The summed E-state index contributed by atoms with van der Waals surface area (Å²) in [5.74, 6) is 2.16. The van der Waals surface area contributed by atoms with E-state index >= 15 is 0 Å². The standard InChI is InChI=1S/C23H28N4O2S.HI/c1-4-19-14-25-22(30-19)15-27-23(24-2)26-13-18-10-11-20(21(12-18)28-3)29-16-17-8-6-5-7-9-17;/h5-12,14H,4,13,15-16H2,1-3H3,(H2,24,26,27);1H. The van der Waals surface area contributed by atoms with E-state index in [2.05, 4.69) is 27.5 Å². The lowest BCUT2D eigenvalue weighted by Crippen LogP contribution is -2.36. The van der Waals surface area contributed by atoms with Crippen molar-refractivity contribution in [1.29, 1.82) is 0 Å². The predicted molar refractivity (Wildman–Crippen MR) is 138 cm³/mol. The average Bonchev–Trinajstić information content (AvgIpc) is 3.27. The number of benzene rings is 2. The van der Waals surface area contributed by atoms with Gasteiger partial charge in [0, 0.05) is 24.7 Å². The molecule has 0 saturated heterocycles. The Labute approximate surface area is 205 Å². The van der Waals surface area contributed by atoms with Gasteiger partial charge in [-0.2, -0.15) is 0 Å². The van der Waals surface area contributed by atoms with Crippen LogP contribution in [0.3, 0.4) is 0 Å². The first kappa shape index (κ1) is 24.9. The number of halogens is 1. The second-order valence-corrected chi connectivity index (χ2v) is 7.81. The normalized spacial score (nSPS) is 10.9. The number of nitrogens with zero attached hydrogens (tertiary/aromatic N) is 2. The Morgan fingerprint density at radius 3 is 2.48 bits per heavy atom. The number of thiazole rings is 1. The van der Waals surface area contributed by atoms with E-state index in [9.17, 15) is 0 Å². The van der Waals surface area contributed by atoms with E-state index in [-0.39, 0.29) is 24.0 Å². The molecule has 0 aliphatic carbocycles. The van der Waals surface area contributed by atoms with Crippen LogP contribution in [0.15, 0.2) is 59.7 Å². The third-order valence-corrected chi connectivity index (χ3v) is 5.65. The topological polar surface area (TPSA) is 67.8 Å². The maximum absolute atomic E-state index is 5.93. The second-order valence-electron chi connectivity index (χ2n) is 6.61. The zero-order valence-electron chi connectivity index (χ0n) is 18.1. The molecule has 0 amide bonds. The van der Waals surface area contributed by atoms with Crippen LogP contribution in [0, 0.1) is 0 Å². The molecule has 31 heavy (non-hydrogen) atoms. The third kappa shape index (κ3) is 7.70. The molecule has 3 rings (SSSR count). The first-order valence-electron chi connectivity index (χ1n) is 9.93. The SMILES string of the molecule is CCc1cnc(CNC(=NC)NCc2ccc(OCc3ccccc3)c(OC)c2)s1.I. The van der Waals surface area contributed by atoms with Crippen molar-refractivity contribution >= 4 is 41.3 Å². The molecule has 0 aliphatic rings. The lowest BCUT2D eigenvalue weighted by atomic mass is 10.2. The number of ether oxygens (including phenoxy) is 2. The number of aryl methyl sites for hydroxylation is 1. The highest BCUT2D eigenvalue weighted by Gasteiger charge is 2.08. The molecular formula is C23H29IN4O2S. The highest BCUT2D eigenvalue weighted by molar-refractivity contribution is 14.0. The molecule has 0 aliphatic heterocycles. The van der Waals surface area contributed by atoms with Crippen LogP contribution >= 0.6 is 35.3 Å². The summed E-state index contributed by atoms with van der Waals surface area (Å²) in [6.45, 7) is 3.91. The minimum atomic E-state index is 0. The molecule has 0 bridgehead atoms. The first-order valence-corrected chi connectivity index (χ1v) is 10.7. The van der Waals surface area contributed by atoms with Gasteiger partial charge in [-0.3, -0.25) is 4.99 Å². The Hall–Kier alpha value is -2.33. The van der Waals surface area contributed by atoms with Gasteiger partial charge in [0.25, 0.3) is 0 Å². The molecular weight excluding hydrogens is 523 g/mol. The maximum atomic E-state index is 5.93. The van der Waals surface area contributed by atoms with Gasteiger partial charge in [-0.1, -0.05) is 43.3 Å². The number of nitrogens with one attached hydrogen (secondary N) is 2. The number of hydrogen-bond donors (Lipinski definition) is 2. The van der Waals surface area contributed by atoms with E-state index < -0.39 is 0 Å². The van der Waals surface area contributed by atoms with Crippen LogP contribution < -0.4 is 20.1 Å². The molecule has 1 heterocycles. The van der Waals surface area contributed by atoms with Crippen LogP contribution in [0.25, 0.3) is 0 Å². The molecule has 0 fully saturated rings. The number of methoxy groups -OCH3 is 1. The van der Waals surface area contributed by atoms with Crippen LogP contribution in [-0.4, -0.2) is 25.1 Å². The number of aliphatic imine (C=N–C) groups is 1. The molecule has 2 N–H and O–H groups in total. The molecule has 0 saturated carbocycles. The van der Waals surface area contributed by atoms with Crippen LogP contribution in [0.5, 0.6) is 11.5 Å². The van der Waals surface area contributed by atoms with Gasteiger partial charge < -0.3 is 20.1 Å². The van der Waals surface area contributed by atoms with Crippen molar-refractivity contribution in [2.75, 3.05) is 14.2 Å². The molecule has 8 heteroatoms. The van der Waals surface area contributed by atoms with Crippen LogP contribution in [0.4, 0.5) is 0 Å². The van der Waals surface area contributed by atoms with Gasteiger partial charge in [0.1, 0.15) is 11.6 Å². The van der Waals surface area contributed by atoms with Crippen LogP contribution in [0.2, 0.25) is 0 Å². The van der Waals surface area contributed by atoms with Gasteiger partial charge >= 0.3 is 0 Å². The zero-order chi connectivity index (χ0) is 21.2. The Morgan fingerprint density at radius 1 is 1.03 bits per heavy atom. The maximum Gasteiger partial charge on any atom is 0.191 e. The Balaban J connectivity index is 0.00000341. The van der Waals surface area contributed by atoms with Crippen LogP contribution in [-0.2, 0) is 26.1 Å². The zero-order valence-corrected chi connectivity index (χ0v) is 21.2. The molecule has 0 radical (unpaired) electrons. The lowest BCUT2D eigenvalue weighted by molar-refractivity contribution is 0.284. The smallest absolute Gasteiger partial charge is 0.191 e. The van der Waals surface area contributed by atoms with E-state index in [4.69, 9.17) is 9.47 Å². The van der Waals surface area contributed by atoms with Gasteiger partial charge in [-0.05, 0) is 29.7 Å². The monoisotopic (exact) mass is 552 g/mol. The Morgan fingerprint density at radius 2 is 1.81 bits per heavy atom. The Bertz CT molecular complexity index is 963. The molecule has 0 atom stereocenters. The van der Waals surface area contributed by atoms with Crippen molar-refractivity contribution < 1.29 is 9.47 Å². The van der Waals surface area contributed by atoms with Crippen molar-refractivity contribution in [3.05, 3.63) is 75.7 Å². The van der Waals surface area contributed by atoms with E-state index in [0.29, 0.717) is 25.4 Å². The molecule has 0 spiro atoms. The van der Waals surface area contributed by atoms with Crippen LogP contribution in [0.1, 0.15) is 27.9 Å². The molecule has 6 nitrogen and oxygen atoms in total. The van der Waals surface area contributed by atoms with Crippen molar-refractivity contribution in [1.82, 2.24) is 15.6 Å². The van der Waals surface area contributed by atoms with Gasteiger partial charge in [0.05, 0.1) is 13.7 Å². The van der Waals surface area contributed by atoms with Crippen molar-refractivity contribution in [2.45, 2.75) is 33.0 Å². The second kappa shape index (κ2) is 13.2. The first-order chi connectivity index (χ1) is 14.7. The van der Waals surface area contributed by atoms with E-state index in [1.165, 1.54) is 4.88 Å². The number of hydrogen-bond acceptors (Lipinski definition) is 5. The predicted octanol–water partition coefficient (Wildman–Crippen LogP) is 4.78. The summed E-state index contributed by atoms with van der Waals surface area (Å²) < 4.78 is 11.4. The number of aromatic nitrogens is 1. The molecule has 3 aromatic rings. The molecule has 2 aromatic carbocycles. The van der Waals surface area contributed by atoms with Crippen molar-refractivity contribution in [3.8, 4) is 11.5 Å². The van der Waals surface area contributed by atoms with E-state index in [1.54, 1.807) is 25.5 Å². The molecule has 0 unspecified atom stereocenters. The fourth-order valence-electron chi connectivity index (χ4n) is 2.84. The largest absolute Gasteiger partial charge is 0.493 e. The lowest BCUT2D eigenvalue weighted by Gasteiger charge is -2.14. The molecule has 166 valence electrons. The summed E-state index contributed by atoms with van der Waals surface area (Å²) in [4.78, 5) is 10.00. The Kier molecular flexibility index (Phi) is 10.6. The summed E-state index contributed by atoms with van der Waals surface area (Å²) in [6.07, 6.45) is 2.95. The highest BCUT2D eigenvalue weighted by atomic mass is 127. The molecule has 1 aromatic heterocycles. The fourth-order valence-corrected chi connectivity index (χ4v) is 3.64. The summed E-state index contributed by atoms with van der Waals surface area (Å²) in [5, 5.41) is 7.68. The quantitative estimate of drug-likeness (QED) is 0.227.